The normalized spacial score (nSPS) is 10.5. The van der Waals surface area contributed by atoms with Crippen molar-refractivity contribution in [3.63, 3.8) is 0 Å². The number of amides is 2. The number of nitrogens with one attached hydrogen (secondary N) is 3. The number of rotatable bonds is 3. The Bertz CT molecular complexity index is 949. The van der Waals surface area contributed by atoms with Gasteiger partial charge in [-0.05, 0) is 36.4 Å². The number of carbonyl (C=O) groups is 2. The van der Waals surface area contributed by atoms with Crippen LogP contribution >= 0.6 is 0 Å². The van der Waals surface area contributed by atoms with Crippen LogP contribution in [-0.2, 0) is 0 Å². The fourth-order valence-corrected chi connectivity index (χ4v) is 2.42. The van der Waals surface area contributed by atoms with E-state index in [0.29, 0.717) is 16.5 Å². The van der Waals surface area contributed by atoms with Crippen molar-refractivity contribution < 1.29 is 14.0 Å². The van der Waals surface area contributed by atoms with Gasteiger partial charge in [0.1, 0.15) is 11.5 Å². The number of aromatic nitrogens is 1. The molecule has 0 atom stereocenters. The molecule has 3 N–H and O–H groups in total. The third-order valence-corrected chi connectivity index (χ3v) is 3.77. The molecule has 128 valence electrons. The van der Waals surface area contributed by atoms with Gasteiger partial charge in [-0.15, -0.1) is 0 Å². The molecule has 0 aliphatic rings. The number of aromatic amines is 1. The minimum absolute atomic E-state index is 0.155. The van der Waals surface area contributed by atoms with Crippen LogP contribution in [0.4, 0.5) is 10.1 Å². The lowest BCUT2D eigenvalue weighted by molar-refractivity contribution is 0.0844. The summed E-state index contributed by atoms with van der Waals surface area (Å²) >= 11 is 0. The lowest BCUT2D eigenvalue weighted by Gasteiger charge is -2.13. The molecule has 0 fully saturated rings. The fourth-order valence-electron chi connectivity index (χ4n) is 2.42. The number of hydrogen-bond donors (Lipinski definition) is 3. The van der Waals surface area contributed by atoms with Crippen molar-refractivity contribution in [2.24, 2.45) is 0 Å². The molecule has 3 rings (SSSR count). The first-order chi connectivity index (χ1) is 12.0. The maximum atomic E-state index is 13.7. The minimum Gasteiger partial charge on any atom is -0.378 e. The van der Waals surface area contributed by atoms with Crippen molar-refractivity contribution in [3.05, 3.63) is 65.6 Å². The molecule has 0 saturated carbocycles. The monoisotopic (exact) mass is 340 g/mol. The number of fused-ring (bicyclic) bond motifs is 1. The molecule has 0 radical (unpaired) electrons. The zero-order chi connectivity index (χ0) is 18.0. The Hall–Kier alpha value is -3.35. The first kappa shape index (κ1) is 16.5. The van der Waals surface area contributed by atoms with Crippen LogP contribution < -0.4 is 15.8 Å². The lowest BCUT2D eigenvalue weighted by Crippen LogP contribution is -2.41. The summed E-state index contributed by atoms with van der Waals surface area (Å²) < 4.78 is 13.7. The van der Waals surface area contributed by atoms with Crippen LogP contribution in [0.25, 0.3) is 10.9 Å². The van der Waals surface area contributed by atoms with Crippen LogP contribution in [0.3, 0.4) is 0 Å². The summed E-state index contributed by atoms with van der Waals surface area (Å²) in [6, 6.07) is 12.9. The third-order valence-electron chi connectivity index (χ3n) is 3.77. The standard InChI is InChI=1S/C18H17FN4O2/c1-23(2)12-6-3-5-11(9-12)17(24)21-22-18(25)16-10-13-14(19)7-4-8-15(13)20-16/h3-10,20H,1-2H3,(H,21,24)(H,22,25). The van der Waals surface area contributed by atoms with Crippen molar-refractivity contribution in [1.29, 1.82) is 0 Å². The molecule has 0 aliphatic carbocycles. The van der Waals surface area contributed by atoms with Gasteiger partial charge in [-0.2, -0.15) is 0 Å². The molecule has 0 bridgehead atoms. The molecule has 0 unspecified atom stereocenters. The van der Waals surface area contributed by atoms with Gasteiger partial charge in [0.2, 0.25) is 0 Å². The molecule has 1 heterocycles. The maximum Gasteiger partial charge on any atom is 0.286 e. The van der Waals surface area contributed by atoms with Crippen molar-refractivity contribution in [3.8, 4) is 0 Å². The van der Waals surface area contributed by atoms with Crippen LogP contribution in [0.15, 0.2) is 48.5 Å². The van der Waals surface area contributed by atoms with Gasteiger partial charge in [-0.1, -0.05) is 12.1 Å². The molecule has 0 aliphatic heterocycles. The van der Waals surface area contributed by atoms with E-state index in [2.05, 4.69) is 15.8 Å². The molecule has 2 amide bonds. The summed E-state index contributed by atoms with van der Waals surface area (Å²) in [5, 5.41) is 0.317. The zero-order valence-corrected chi connectivity index (χ0v) is 13.8. The molecule has 3 aromatic rings. The minimum atomic E-state index is -0.562. The molecular formula is C18H17FN4O2. The Morgan fingerprint density at radius 3 is 2.44 bits per heavy atom. The first-order valence-electron chi connectivity index (χ1n) is 7.61. The van der Waals surface area contributed by atoms with Crippen LogP contribution in [-0.4, -0.2) is 30.9 Å². The molecule has 25 heavy (non-hydrogen) atoms. The van der Waals surface area contributed by atoms with E-state index >= 15 is 0 Å². The number of carbonyl (C=O) groups excluding carboxylic acids is 2. The molecular weight excluding hydrogens is 323 g/mol. The summed E-state index contributed by atoms with van der Waals surface area (Å²) in [4.78, 5) is 29.0. The quantitative estimate of drug-likeness (QED) is 0.641. The average molecular weight is 340 g/mol. The third kappa shape index (κ3) is 3.45. The smallest absolute Gasteiger partial charge is 0.286 e. The summed E-state index contributed by atoms with van der Waals surface area (Å²) in [7, 11) is 3.74. The largest absolute Gasteiger partial charge is 0.378 e. The van der Waals surface area contributed by atoms with E-state index in [4.69, 9.17) is 0 Å². The van der Waals surface area contributed by atoms with Gasteiger partial charge in [-0.3, -0.25) is 20.4 Å². The van der Waals surface area contributed by atoms with Crippen molar-refractivity contribution in [2.75, 3.05) is 19.0 Å². The molecule has 0 saturated heterocycles. The second kappa shape index (κ2) is 6.64. The highest BCUT2D eigenvalue weighted by Gasteiger charge is 2.13. The van der Waals surface area contributed by atoms with Crippen molar-refractivity contribution >= 4 is 28.4 Å². The lowest BCUT2D eigenvalue weighted by atomic mass is 10.2. The van der Waals surface area contributed by atoms with Gasteiger partial charge in [0.15, 0.2) is 0 Å². The zero-order valence-electron chi connectivity index (χ0n) is 13.8. The molecule has 7 heteroatoms. The van der Waals surface area contributed by atoms with E-state index in [-0.39, 0.29) is 5.69 Å². The fraction of sp³-hybridized carbons (Fsp3) is 0.111. The van der Waals surface area contributed by atoms with Gasteiger partial charge in [0, 0.05) is 36.2 Å². The molecule has 2 aromatic carbocycles. The number of hydrazine groups is 1. The number of anilines is 1. The Labute approximate surface area is 143 Å². The van der Waals surface area contributed by atoms with Crippen molar-refractivity contribution in [2.45, 2.75) is 0 Å². The van der Waals surface area contributed by atoms with Gasteiger partial charge in [-0.25, -0.2) is 4.39 Å². The number of hydrogen-bond acceptors (Lipinski definition) is 3. The van der Waals surface area contributed by atoms with Gasteiger partial charge in [0.25, 0.3) is 11.8 Å². The summed E-state index contributed by atoms with van der Waals surface area (Å²) in [6.45, 7) is 0. The number of H-pyrrole nitrogens is 1. The number of nitrogens with zero attached hydrogens (tertiary/aromatic N) is 1. The second-order valence-electron chi connectivity index (χ2n) is 5.74. The highest BCUT2D eigenvalue weighted by atomic mass is 19.1. The van der Waals surface area contributed by atoms with E-state index in [9.17, 15) is 14.0 Å². The van der Waals surface area contributed by atoms with E-state index in [1.54, 1.807) is 30.3 Å². The summed E-state index contributed by atoms with van der Waals surface area (Å²) in [5.74, 6) is -1.43. The SMILES string of the molecule is CN(C)c1cccc(C(=O)NNC(=O)c2cc3c(F)cccc3[nH]2)c1. The van der Waals surface area contributed by atoms with E-state index in [1.165, 1.54) is 12.1 Å². The predicted octanol–water partition coefficient (Wildman–Crippen LogP) is 2.45. The number of halogens is 1. The second-order valence-corrected chi connectivity index (χ2v) is 5.74. The Balaban J connectivity index is 1.70. The van der Waals surface area contributed by atoms with Crippen LogP contribution in [0, 0.1) is 5.82 Å². The van der Waals surface area contributed by atoms with Crippen LogP contribution in [0.1, 0.15) is 20.8 Å². The van der Waals surface area contributed by atoms with E-state index in [0.717, 1.165) is 5.69 Å². The van der Waals surface area contributed by atoms with Crippen LogP contribution in [0.5, 0.6) is 0 Å². The first-order valence-corrected chi connectivity index (χ1v) is 7.61. The number of benzene rings is 2. The summed E-state index contributed by atoms with van der Waals surface area (Å²) in [6.07, 6.45) is 0. The Kier molecular flexibility index (Phi) is 4.38. The topological polar surface area (TPSA) is 77.2 Å². The molecule has 1 aromatic heterocycles. The molecule has 0 spiro atoms. The highest BCUT2D eigenvalue weighted by molar-refractivity contribution is 6.01. The van der Waals surface area contributed by atoms with E-state index < -0.39 is 17.6 Å². The Morgan fingerprint density at radius 1 is 1.00 bits per heavy atom. The summed E-state index contributed by atoms with van der Waals surface area (Å²) in [5.41, 5.74) is 6.61. The average Bonchev–Trinajstić information content (AvgIpc) is 3.05. The van der Waals surface area contributed by atoms with Gasteiger partial charge in [0.05, 0.1) is 0 Å². The van der Waals surface area contributed by atoms with Crippen molar-refractivity contribution in [1.82, 2.24) is 15.8 Å². The predicted molar refractivity (Wildman–Crippen MR) is 94.0 cm³/mol. The molecule has 6 nitrogen and oxygen atoms in total. The van der Waals surface area contributed by atoms with Gasteiger partial charge < -0.3 is 9.88 Å². The van der Waals surface area contributed by atoms with E-state index in [1.807, 2.05) is 25.1 Å². The van der Waals surface area contributed by atoms with Crippen LogP contribution in [0.2, 0.25) is 0 Å². The highest BCUT2D eigenvalue weighted by Crippen LogP contribution is 2.18. The Morgan fingerprint density at radius 2 is 1.72 bits per heavy atom. The maximum absolute atomic E-state index is 13.7. The van der Waals surface area contributed by atoms with Gasteiger partial charge >= 0.3 is 0 Å².